The molecular formula is C20H23FN2O3. The Bertz CT molecular complexity index is 749. The second kappa shape index (κ2) is 8.67. The maximum absolute atomic E-state index is 12.9. The molecule has 5 nitrogen and oxygen atoms in total. The molecule has 0 bridgehead atoms. The number of nitrogens with one attached hydrogen (secondary N) is 1. The van der Waals surface area contributed by atoms with Crippen LogP contribution in [0.1, 0.15) is 11.1 Å². The Morgan fingerprint density at radius 2 is 1.77 bits per heavy atom. The Balaban J connectivity index is 1.41. The van der Waals surface area contributed by atoms with E-state index in [0.717, 1.165) is 22.6 Å². The van der Waals surface area contributed by atoms with Crippen LogP contribution in [0.15, 0.2) is 42.5 Å². The molecule has 0 aromatic heterocycles. The highest BCUT2D eigenvalue weighted by molar-refractivity contribution is 5.77. The molecule has 2 aromatic rings. The van der Waals surface area contributed by atoms with Crippen molar-refractivity contribution in [3.63, 3.8) is 0 Å². The lowest BCUT2D eigenvalue weighted by Gasteiger charge is -2.21. The molecule has 26 heavy (non-hydrogen) atoms. The van der Waals surface area contributed by atoms with Gasteiger partial charge in [-0.2, -0.15) is 0 Å². The van der Waals surface area contributed by atoms with Crippen molar-refractivity contribution in [1.82, 2.24) is 10.2 Å². The molecule has 0 radical (unpaired) electrons. The summed E-state index contributed by atoms with van der Waals surface area (Å²) in [6.45, 7) is 2.61. The first-order valence-corrected chi connectivity index (χ1v) is 8.68. The zero-order chi connectivity index (χ0) is 18.4. The van der Waals surface area contributed by atoms with E-state index in [1.54, 1.807) is 12.1 Å². The highest BCUT2D eigenvalue weighted by Gasteiger charge is 2.13. The SMILES string of the molecule is CN(CC(=O)NCCc1ccc(F)cc1)Cc1ccc2c(c1)OCCO2. The molecule has 6 heteroatoms. The molecule has 0 saturated heterocycles. The van der Waals surface area contributed by atoms with E-state index in [0.29, 0.717) is 39.3 Å². The highest BCUT2D eigenvalue weighted by Crippen LogP contribution is 2.30. The van der Waals surface area contributed by atoms with Crippen LogP contribution in [-0.2, 0) is 17.8 Å². The Labute approximate surface area is 152 Å². The lowest BCUT2D eigenvalue weighted by molar-refractivity contribution is -0.122. The van der Waals surface area contributed by atoms with E-state index >= 15 is 0 Å². The molecule has 0 atom stereocenters. The van der Waals surface area contributed by atoms with Gasteiger partial charge in [0.15, 0.2) is 11.5 Å². The fraction of sp³-hybridized carbons (Fsp3) is 0.350. The van der Waals surface area contributed by atoms with E-state index in [1.807, 2.05) is 30.1 Å². The van der Waals surface area contributed by atoms with Gasteiger partial charge in [-0.3, -0.25) is 9.69 Å². The monoisotopic (exact) mass is 358 g/mol. The number of hydrogen-bond donors (Lipinski definition) is 1. The van der Waals surface area contributed by atoms with E-state index in [9.17, 15) is 9.18 Å². The number of fused-ring (bicyclic) bond motifs is 1. The summed E-state index contributed by atoms with van der Waals surface area (Å²) in [4.78, 5) is 14.0. The summed E-state index contributed by atoms with van der Waals surface area (Å²) >= 11 is 0. The van der Waals surface area contributed by atoms with Crippen LogP contribution in [0.5, 0.6) is 11.5 Å². The number of benzene rings is 2. The zero-order valence-corrected chi connectivity index (χ0v) is 14.8. The van der Waals surface area contributed by atoms with Gasteiger partial charge in [-0.25, -0.2) is 4.39 Å². The van der Waals surface area contributed by atoms with Gasteiger partial charge >= 0.3 is 0 Å². The van der Waals surface area contributed by atoms with E-state index in [-0.39, 0.29) is 11.7 Å². The minimum Gasteiger partial charge on any atom is -0.486 e. The first-order valence-electron chi connectivity index (χ1n) is 8.68. The molecule has 0 saturated carbocycles. The number of likely N-dealkylation sites (N-methyl/N-ethyl adjacent to an activating group) is 1. The molecule has 0 aliphatic carbocycles. The van der Waals surface area contributed by atoms with Gasteiger partial charge in [0.05, 0.1) is 6.54 Å². The number of carbonyl (C=O) groups excluding carboxylic acids is 1. The van der Waals surface area contributed by atoms with Crippen molar-refractivity contribution in [3.05, 3.63) is 59.4 Å². The van der Waals surface area contributed by atoms with Crippen molar-refractivity contribution in [2.24, 2.45) is 0 Å². The van der Waals surface area contributed by atoms with Crippen LogP contribution in [0, 0.1) is 5.82 Å². The third-order valence-electron chi connectivity index (χ3n) is 4.12. The topological polar surface area (TPSA) is 50.8 Å². The molecule has 1 amide bonds. The summed E-state index contributed by atoms with van der Waals surface area (Å²) in [5.74, 6) is 1.23. The van der Waals surface area contributed by atoms with Gasteiger partial charge in [0.1, 0.15) is 19.0 Å². The largest absolute Gasteiger partial charge is 0.486 e. The van der Waals surface area contributed by atoms with Crippen LogP contribution < -0.4 is 14.8 Å². The standard InChI is InChI=1S/C20H23FN2O3/c1-23(13-16-4-7-18-19(12-16)26-11-10-25-18)14-20(24)22-9-8-15-2-5-17(21)6-3-15/h2-7,12H,8-11,13-14H2,1H3,(H,22,24). The first kappa shape index (κ1) is 18.2. The minimum atomic E-state index is -0.251. The molecule has 0 spiro atoms. The Kier molecular flexibility index (Phi) is 6.07. The van der Waals surface area contributed by atoms with Crippen LogP contribution in [0.4, 0.5) is 4.39 Å². The average molecular weight is 358 g/mol. The molecular weight excluding hydrogens is 335 g/mol. The van der Waals surface area contributed by atoms with Crippen LogP contribution in [0.25, 0.3) is 0 Å². The zero-order valence-electron chi connectivity index (χ0n) is 14.8. The Morgan fingerprint density at radius 1 is 1.08 bits per heavy atom. The molecule has 1 aliphatic rings. The molecule has 2 aromatic carbocycles. The van der Waals surface area contributed by atoms with E-state index in [4.69, 9.17) is 9.47 Å². The predicted molar refractivity (Wildman–Crippen MR) is 96.9 cm³/mol. The first-order chi connectivity index (χ1) is 12.6. The third-order valence-corrected chi connectivity index (χ3v) is 4.12. The van der Waals surface area contributed by atoms with Gasteiger partial charge in [0, 0.05) is 13.1 Å². The molecule has 1 N–H and O–H groups in total. The number of halogens is 1. The number of carbonyl (C=O) groups is 1. The lowest BCUT2D eigenvalue weighted by atomic mass is 10.1. The second-order valence-electron chi connectivity index (χ2n) is 6.38. The summed E-state index contributed by atoms with van der Waals surface area (Å²) in [6.07, 6.45) is 0.678. The van der Waals surface area contributed by atoms with Crippen molar-refractivity contribution in [2.75, 3.05) is 33.4 Å². The van der Waals surface area contributed by atoms with Gasteiger partial charge < -0.3 is 14.8 Å². The van der Waals surface area contributed by atoms with Gasteiger partial charge in [0.25, 0.3) is 0 Å². The summed E-state index contributed by atoms with van der Waals surface area (Å²) in [5, 5.41) is 2.89. The fourth-order valence-corrected chi connectivity index (χ4v) is 2.85. The van der Waals surface area contributed by atoms with Crippen LogP contribution in [-0.4, -0.2) is 44.2 Å². The fourth-order valence-electron chi connectivity index (χ4n) is 2.85. The van der Waals surface area contributed by atoms with E-state index < -0.39 is 0 Å². The van der Waals surface area contributed by atoms with E-state index in [2.05, 4.69) is 5.32 Å². The van der Waals surface area contributed by atoms with Crippen molar-refractivity contribution >= 4 is 5.91 Å². The molecule has 138 valence electrons. The Morgan fingerprint density at radius 3 is 2.54 bits per heavy atom. The summed E-state index contributed by atoms with van der Waals surface area (Å²) < 4.78 is 24.0. The van der Waals surface area contributed by atoms with E-state index in [1.165, 1.54) is 12.1 Å². The van der Waals surface area contributed by atoms with Crippen molar-refractivity contribution in [2.45, 2.75) is 13.0 Å². The number of hydrogen-bond acceptors (Lipinski definition) is 4. The van der Waals surface area contributed by atoms with Crippen LogP contribution in [0.3, 0.4) is 0 Å². The summed E-state index contributed by atoms with van der Waals surface area (Å²) in [6, 6.07) is 12.2. The maximum atomic E-state index is 12.9. The number of rotatable bonds is 7. The smallest absolute Gasteiger partial charge is 0.234 e. The summed E-state index contributed by atoms with van der Waals surface area (Å²) in [5.41, 5.74) is 2.06. The number of ether oxygens (including phenoxy) is 2. The van der Waals surface area contributed by atoms with Gasteiger partial charge in [-0.15, -0.1) is 0 Å². The molecule has 1 aliphatic heterocycles. The third kappa shape index (κ3) is 5.20. The predicted octanol–water partition coefficient (Wildman–Crippen LogP) is 2.39. The Hall–Kier alpha value is -2.60. The normalized spacial score (nSPS) is 12.9. The lowest BCUT2D eigenvalue weighted by Crippen LogP contribution is -2.35. The molecule has 1 heterocycles. The van der Waals surface area contributed by atoms with Gasteiger partial charge in [-0.1, -0.05) is 18.2 Å². The quantitative estimate of drug-likeness (QED) is 0.826. The maximum Gasteiger partial charge on any atom is 0.234 e. The minimum absolute atomic E-state index is 0.0350. The van der Waals surface area contributed by atoms with Crippen LogP contribution in [0.2, 0.25) is 0 Å². The van der Waals surface area contributed by atoms with Crippen LogP contribution >= 0.6 is 0 Å². The second-order valence-corrected chi connectivity index (χ2v) is 6.38. The van der Waals surface area contributed by atoms with Crippen molar-refractivity contribution in [3.8, 4) is 11.5 Å². The summed E-state index contributed by atoms with van der Waals surface area (Å²) in [7, 11) is 1.90. The van der Waals surface area contributed by atoms with Gasteiger partial charge in [-0.05, 0) is 48.9 Å². The number of amides is 1. The van der Waals surface area contributed by atoms with Gasteiger partial charge in [0.2, 0.25) is 5.91 Å². The molecule has 0 fully saturated rings. The van der Waals surface area contributed by atoms with Crippen molar-refractivity contribution in [1.29, 1.82) is 0 Å². The average Bonchev–Trinajstić information content (AvgIpc) is 2.63. The molecule has 3 rings (SSSR count). The number of nitrogens with zero attached hydrogens (tertiary/aromatic N) is 1. The molecule has 0 unspecified atom stereocenters. The van der Waals surface area contributed by atoms with Crippen molar-refractivity contribution < 1.29 is 18.7 Å². The highest BCUT2D eigenvalue weighted by atomic mass is 19.1.